The summed E-state index contributed by atoms with van der Waals surface area (Å²) in [5.41, 5.74) is 6.68. The number of ether oxygens (including phenoxy) is 1. The van der Waals surface area contributed by atoms with Crippen molar-refractivity contribution in [3.63, 3.8) is 0 Å². The standard InChI is InChI=1S/C16H26N2O2S/c1-9(2)13(19)15-12(17)14(20-10(3)4)16(21-15)18-11-7-5-6-8-11/h9-11,18H,5-8,17H2,1-4H3. The number of ketones is 1. The molecular formula is C16H26N2O2S. The van der Waals surface area contributed by atoms with Crippen molar-refractivity contribution in [1.29, 1.82) is 0 Å². The Morgan fingerprint density at radius 1 is 1.29 bits per heavy atom. The first kappa shape index (κ1) is 16.1. The smallest absolute Gasteiger partial charge is 0.177 e. The summed E-state index contributed by atoms with van der Waals surface area (Å²) in [5, 5.41) is 4.45. The van der Waals surface area contributed by atoms with Crippen molar-refractivity contribution < 1.29 is 9.53 Å². The number of Topliss-reactive ketones (excluding diaryl/α,β-unsaturated/α-hetero) is 1. The van der Waals surface area contributed by atoms with Crippen molar-refractivity contribution in [3.05, 3.63) is 4.88 Å². The maximum Gasteiger partial charge on any atom is 0.177 e. The van der Waals surface area contributed by atoms with Gasteiger partial charge in [-0.15, -0.1) is 11.3 Å². The highest BCUT2D eigenvalue weighted by molar-refractivity contribution is 7.19. The van der Waals surface area contributed by atoms with Crippen LogP contribution in [-0.2, 0) is 0 Å². The molecule has 1 saturated carbocycles. The highest BCUT2D eigenvalue weighted by Gasteiger charge is 2.26. The SMILES string of the molecule is CC(C)Oc1c(NC2CCCC2)sc(C(=O)C(C)C)c1N. The van der Waals surface area contributed by atoms with Crippen LogP contribution in [0.1, 0.15) is 63.0 Å². The van der Waals surface area contributed by atoms with E-state index in [-0.39, 0.29) is 17.8 Å². The monoisotopic (exact) mass is 310 g/mol. The van der Waals surface area contributed by atoms with Crippen molar-refractivity contribution >= 4 is 27.8 Å². The second-order valence-electron chi connectivity index (χ2n) is 6.31. The van der Waals surface area contributed by atoms with Crippen molar-refractivity contribution in [2.45, 2.75) is 65.5 Å². The molecule has 1 aliphatic rings. The average Bonchev–Trinajstić information content (AvgIpc) is 3.00. The van der Waals surface area contributed by atoms with E-state index in [0.29, 0.717) is 22.4 Å². The molecule has 1 aliphatic carbocycles. The predicted octanol–water partition coefficient (Wildman–Crippen LogP) is 4.31. The molecule has 0 atom stereocenters. The zero-order chi connectivity index (χ0) is 15.6. The summed E-state index contributed by atoms with van der Waals surface area (Å²) < 4.78 is 5.87. The minimum atomic E-state index is -0.0582. The van der Waals surface area contributed by atoms with Crippen LogP contribution in [0.25, 0.3) is 0 Å². The summed E-state index contributed by atoms with van der Waals surface area (Å²) in [7, 11) is 0. The molecule has 0 amide bonds. The van der Waals surface area contributed by atoms with Gasteiger partial charge in [0.2, 0.25) is 0 Å². The third-order valence-corrected chi connectivity index (χ3v) is 4.82. The average molecular weight is 310 g/mol. The number of nitrogen functional groups attached to an aromatic ring is 1. The Balaban J connectivity index is 2.31. The van der Waals surface area contributed by atoms with Crippen LogP contribution >= 0.6 is 11.3 Å². The topological polar surface area (TPSA) is 64.3 Å². The Morgan fingerprint density at radius 3 is 2.43 bits per heavy atom. The maximum atomic E-state index is 12.3. The van der Waals surface area contributed by atoms with Gasteiger partial charge in [0, 0.05) is 12.0 Å². The van der Waals surface area contributed by atoms with Gasteiger partial charge in [-0.2, -0.15) is 0 Å². The summed E-state index contributed by atoms with van der Waals surface area (Å²) in [4.78, 5) is 12.9. The third-order valence-electron chi connectivity index (χ3n) is 3.69. The highest BCUT2D eigenvalue weighted by Crippen LogP contribution is 2.45. The minimum Gasteiger partial charge on any atom is -0.486 e. The molecule has 118 valence electrons. The Bertz CT molecular complexity index is 503. The van der Waals surface area contributed by atoms with Crippen LogP contribution in [0, 0.1) is 5.92 Å². The normalized spacial score (nSPS) is 15.9. The molecule has 1 fully saturated rings. The Hall–Kier alpha value is -1.23. The molecule has 0 aliphatic heterocycles. The van der Waals surface area contributed by atoms with Gasteiger partial charge in [0.05, 0.1) is 16.7 Å². The fourth-order valence-electron chi connectivity index (χ4n) is 2.58. The van der Waals surface area contributed by atoms with Gasteiger partial charge in [-0.3, -0.25) is 4.79 Å². The van der Waals surface area contributed by atoms with E-state index in [9.17, 15) is 4.79 Å². The second kappa shape index (κ2) is 6.69. The fourth-order valence-corrected chi connectivity index (χ4v) is 3.80. The Labute approximate surface area is 131 Å². The molecule has 0 unspecified atom stereocenters. The minimum absolute atomic E-state index is 0.0352. The quantitative estimate of drug-likeness (QED) is 0.768. The van der Waals surface area contributed by atoms with Crippen LogP contribution in [0.2, 0.25) is 0 Å². The molecule has 5 heteroatoms. The molecule has 0 aromatic carbocycles. The number of hydrogen-bond donors (Lipinski definition) is 2. The second-order valence-corrected chi connectivity index (χ2v) is 7.34. The number of hydrogen-bond acceptors (Lipinski definition) is 5. The van der Waals surface area contributed by atoms with E-state index in [4.69, 9.17) is 10.5 Å². The summed E-state index contributed by atoms with van der Waals surface area (Å²) in [6.45, 7) is 7.74. The van der Waals surface area contributed by atoms with Gasteiger partial charge < -0.3 is 15.8 Å². The molecule has 0 saturated heterocycles. The maximum absolute atomic E-state index is 12.3. The van der Waals surface area contributed by atoms with Crippen LogP contribution in [0.3, 0.4) is 0 Å². The van der Waals surface area contributed by atoms with Crippen LogP contribution in [0.4, 0.5) is 10.7 Å². The molecule has 21 heavy (non-hydrogen) atoms. The van der Waals surface area contributed by atoms with E-state index < -0.39 is 0 Å². The molecule has 2 rings (SSSR count). The van der Waals surface area contributed by atoms with Gasteiger partial charge >= 0.3 is 0 Å². The molecule has 0 bridgehead atoms. The van der Waals surface area contributed by atoms with Crippen molar-refractivity contribution in [3.8, 4) is 5.75 Å². The summed E-state index contributed by atoms with van der Waals surface area (Å²) >= 11 is 1.44. The Morgan fingerprint density at radius 2 is 1.90 bits per heavy atom. The molecule has 0 spiro atoms. The largest absolute Gasteiger partial charge is 0.486 e. The number of rotatable bonds is 6. The Kier molecular flexibility index (Phi) is 5.14. The van der Waals surface area contributed by atoms with E-state index in [1.807, 2.05) is 27.7 Å². The van der Waals surface area contributed by atoms with Gasteiger partial charge in [-0.1, -0.05) is 26.7 Å². The zero-order valence-corrected chi connectivity index (χ0v) is 14.2. The molecule has 1 aromatic rings. The third kappa shape index (κ3) is 3.70. The van der Waals surface area contributed by atoms with E-state index >= 15 is 0 Å². The van der Waals surface area contributed by atoms with Crippen molar-refractivity contribution in [2.24, 2.45) is 5.92 Å². The number of nitrogens with two attached hydrogens (primary N) is 1. The lowest BCUT2D eigenvalue weighted by molar-refractivity contribution is 0.0944. The number of anilines is 2. The molecule has 4 nitrogen and oxygen atoms in total. The summed E-state index contributed by atoms with van der Waals surface area (Å²) in [5.74, 6) is 0.689. The van der Waals surface area contributed by atoms with Crippen LogP contribution in [0.15, 0.2) is 0 Å². The zero-order valence-electron chi connectivity index (χ0n) is 13.4. The first-order valence-electron chi connectivity index (χ1n) is 7.79. The first-order valence-corrected chi connectivity index (χ1v) is 8.61. The van der Waals surface area contributed by atoms with Gasteiger partial charge in [0.1, 0.15) is 5.00 Å². The van der Waals surface area contributed by atoms with Gasteiger partial charge in [-0.25, -0.2) is 0 Å². The summed E-state index contributed by atoms with van der Waals surface area (Å²) in [6, 6.07) is 0.472. The lowest BCUT2D eigenvalue weighted by Gasteiger charge is -2.16. The van der Waals surface area contributed by atoms with Gasteiger partial charge in [0.15, 0.2) is 11.5 Å². The molecular weight excluding hydrogens is 284 g/mol. The number of nitrogens with one attached hydrogen (secondary N) is 1. The fraction of sp³-hybridized carbons (Fsp3) is 0.688. The lowest BCUT2D eigenvalue weighted by Crippen LogP contribution is -2.15. The van der Waals surface area contributed by atoms with Crippen molar-refractivity contribution in [1.82, 2.24) is 0 Å². The first-order chi connectivity index (χ1) is 9.90. The summed E-state index contributed by atoms with van der Waals surface area (Å²) in [6.07, 6.45) is 4.90. The molecule has 0 radical (unpaired) electrons. The van der Waals surface area contributed by atoms with E-state index in [1.165, 1.54) is 37.0 Å². The number of carbonyl (C=O) groups is 1. The van der Waals surface area contributed by atoms with Crippen molar-refractivity contribution in [2.75, 3.05) is 11.1 Å². The van der Waals surface area contributed by atoms with E-state index in [0.717, 1.165) is 5.00 Å². The van der Waals surface area contributed by atoms with Gasteiger partial charge in [-0.05, 0) is 26.7 Å². The molecule has 1 aromatic heterocycles. The van der Waals surface area contributed by atoms with Gasteiger partial charge in [0.25, 0.3) is 0 Å². The lowest BCUT2D eigenvalue weighted by atomic mass is 10.1. The number of carbonyl (C=O) groups excluding carboxylic acids is 1. The highest BCUT2D eigenvalue weighted by atomic mass is 32.1. The molecule has 3 N–H and O–H groups in total. The van der Waals surface area contributed by atoms with E-state index in [2.05, 4.69) is 5.32 Å². The van der Waals surface area contributed by atoms with E-state index in [1.54, 1.807) is 0 Å². The number of thiophene rings is 1. The predicted molar refractivity (Wildman–Crippen MR) is 89.5 cm³/mol. The van der Waals surface area contributed by atoms with Crippen LogP contribution in [0.5, 0.6) is 5.75 Å². The van der Waals surface area contributed by atoms with Crippen LogP contribution < -0.4 is 15.8 Å². The van der Waals surface area contributed by atoms with Crippen LogP contribution in [-0.4, -0.2) is 17.9 Å². The molecule has 1 heterocycles.